The van der Waals surface area contributed by atoms with E-state index < -0.39 is 23.4 Å². The first kappa shape index (κ1) is 19.4. The molecule has 1 aliphatic heterocycles. The number of hydrogen-bond acceptors (Lipinski definition) is 5. The van der Waals surface area contributed by atoms with Crippen molar-refractivity contribution in [3.63, 3.8) is 0 Å². The fourth-order valence-electron chi connectivity index (χ4n) is 3.91. The van der Waals surface area contributed by atoms with Gasteiger partial charge in [-0.25, -0.2) is 23.3 Å². The molecule has 0 radical (unpaired) electrons. The Bertz CT molecular complexity index is 1300. The minimum atomic E-state index is -1.82. The fourth-order valence-corrected chi connectivity index (χ4v) is 3.91. The molecule has 31 heavy (non-hydrogen) atoms. The smallest absolute Gasteiger partial charge is 0.292 e. The Balaban J connectivity index is 1.61. The van der Waals surface area contributed by atoms with Gasteiger partial charge in [0.15, 0.2) is 5.67 Å². The molecule has 0 saturated heterocycles. The first-order valence-electron chi connectivity index (χ1n) is 9.88. The third-order valence-corrected chi connectivity index (χ3v) is 5.43. The summed E-state index contributed by atoms with van der Waals surface area (Å²) < 4.78 is 35.6. The van der Waals surface area contributed by atoms with Crippen molar-refractivity contribution in [1.82, 2.24) is 29.5 Å². The number of amides is 1. The van der Waals surface area contributed by atoms with Gasteiger partial charge in [-0.1, -0.05) is 0 Å². The summed E-state index contributed by atoms with van der Waals surface area (Å²) in [6, 6.07) is 3.85. The number of aromatic nitrogens is 5. The lowest BCUT2D eigenvalue weighted by Crippen LogP contribution is -2.41. The van der Waals surface area contributed by atoms with Gasteiger partial charge in [-0.05, 0) is 39.0 Å². The maximum Gasteiger partial charge on any atom is 0.292 e. The van der Waals surface area contributed by atoms with E-state index in [0.717, 1.165) is 5.69 Å². The standard InChI is InChI=1S/C21H20F2N6O2/c1-11-18(31-20(26-11)21(2,3)23)19(30)28-8-6-13-16(25-10-24-13)17(28)14-9-15-12(22)5-4-7-29(15)27-14/h4-5,7,9-10,17H,6,8H2,1-3H3,(H,24,25)/t17-/m0/s1. The summed E-state index contributed by atoms with van der Waals surface area (Å²) in [7, 11) is 0. The van der Waals surface area contributed by atoms with E-state index in [1.165, 1.54) is 24.4 Å². The molecule has 10 heteroatoms. The highest BCUT2D eigenvalue weighted by Gasteiger charge is 2.39. The van der Waals surface area contributed by atoms with Crippen LogP contribution in [0.4, 0.5) is 8.78 Å². The molecule has 0 bridgehead atoms. The van der Waals surface area contributed by atoms with Gasteiger partial charge < -0.3 is 14.3 Å². The molecule has 4 aromatic rings. The van der Waals surface area contributed by atoms with E-state index in [4.69, 9.17) is 4.42 Å². The minimum Gasteiger partial charge on any atom is -0.432 e. The SMILES string of the molecule is Cc1nc(C(C)(C)F)oc1C(=O)N1CCc2[nH]cnc2[C@@H]1c1cc2c(F)cccn2n1. The molecule has 1 aliphatic rings. The molecule has 1 N–H and O–H groups in total. The number of nitrogens with zero attached hydrogens (tertiary/aromatic N) is 5. The van der Waals surface area contributed by atoms with Crippen LogP contribution in [0.1, 0.15) is 59.1 Å². The zero-order valence-electron chi connectivity index (χ0n) is 17.2. The Morgan fingerprint density at radius 2 is 2.19 bits per heavy atom. The lowest BCUT2D eigenvalue weighted by atomic mass is 9.99. The number of nitrogens with one attached hydrogen (secondary N) is 1. The molecule has 4 aromatic heterocycles. The quantitative estimate of drug-likeness (QED) is 0.541. The number of imidazole rings is 1. The van der Waals surface area contributed by atoms with Gasteiger partial charge in [-0.3, -0.25) is 4.79 Å². The van der Waals surface area contributed by atoms with Crippen molar-refractivity contribution in [3.8, 4) is 0 Å². The van der Waals surface area contributed by atoms with Gasteiger partial charge in [0.2, 0.25) is 11.7 Å². The maximum absolute atomic E-state index is 14.3. The molecule has 0 fully saturated rings. The molecule has 8 nitrogen and oxygen atoms in total. The van der Waals surface area contributed by atoms with Gasteiger partial charge in [0.25, 0.3) is 5.91 Å². The minimum absolute atomic E-state index is 0.0281. The maximum atomic E-state index is 14.3. The summed E-state index contributed by atoms with van der Waals surface area (Å²) in [5.74, 6) is -1.05. The molecular weight excluding hydrogens is 406 g/mol. The van der Waals surface area contributed by atoms with E-state index in [2.05, 4.69) is 20.1 Å². The molecule has 5 heterocycles. The Labute approximate surface area is 175 Å². The summed E-state index contributed by atoms with van der Waals surface area (Å²) >= 11 is 0. The van der Waals surface area contributed by atoms with Crippen LogP contribution in [0, 0.1) is 12.7 Å². The lowest BCUT2D eigenvalue weighted by Gasteiger charge is -2.33. The molecule has 0 spiro atoms. The molecule has 1 amide bonds. The molecule has 0 saturated carbocycles. The van der Waals surface area contributed by atoms with Crippen LogP contribution in [0.2, 0.25) is 0 Å². The predicted octanol–water partition coefficient (Wildman–Crippen LogP) is 3.49. The Morgan fingerprint density at radius 3 is 2.90 bits per heavy atom. The summed E-state index contributed by atoms with van der Waals surface area (Å²) in [4.78, 5) is 26.6. The first-order valence-corrected chi connectivity index (χ1v) is 9.88. The van der Waals surface area contributed by atoms with Crippen LogP contribution >= 0.6 is 0 Å². The summed E-state index contributed by atoms with van der Waals surface area (Å²) in [5.41, 5.74) is 0.759. The summed E-state index contributed by atoms with van der Waals surface area (Å²) in [6.07, 6.45) is 3.75. The van der Waals surface area contributed by atoms with E-state index in [9.17, 15) is 13.6 Å². The lowest BCUT2D eigenvalue weighted by molar-refractivity contribution is 0.0642. The number of rotatable bonds is 3. The Kier molecular flexibility index (Phi) is 4.21. The molecular formula is C21H20F2N6O2. The average molecular weight is 426 g/mol. The highest BCUT2D eigenvalue weighted by Crippen LogP contribution is 2.35. The van der Waals surface area contributed by atoms with Crippen molar-refractivity contribution in [2.45, 2.75) is 38.9 Å². The Morgan fingerprint density at radius 1 is 1.39 bits per heavy atom. The average Bonchev–Trinajstić information content (AvgIpc) is 3.44. The Hall–Kier alpha value is -3.56. The third kappa shape index (κ3) is 3.09. The molecule has 0 aromatic carbocycles. The number of hydrogen-bond donors (Lipinski definition) is 1. The number of H-pyrrole nitrogens is 1. The summed E-state index contributed by atoms with van der Waals surface area (Å²) in [6.45, 7) is 4.59. The number of halogens is 2. The van der Waals surface area contributed by atoms with Crippen LogP contribution in [0.5, 0.6) is 0 Å². The third-order valence-electron chi connectivity index (χ3n) is 5.43. The number of aromatic amines is 1. The van der Waals surface area contributed by atoms with Crippen molar-refractivity contribution in [1.29, 1.82) is 0 Å². The van der Waals surface area contributed by atoms with E-state index in [1.54, 1.807) is 36.5 Å². The van der Waals surface area contributed by atoms with Crippen LogP contribution in [-0.2, 0) is 12.1 Å². The van der Waals surface area contributed by atoms with E-state index in [1.807, 2.05) is 0 Å². The number of alkyl halides is 1. The van der Waals surface area contributed by atoms with Gasteiger partial charge in [-0.15, -0.1) is 0 Å². The number of carbonyl (C=O) groups excluding carboxylic acids is 1. The second-order valence-corrected chi connectivity index (χ2v) is 8.08. The van der Waals surface area contributed by atoms with Gasteiger partial charge >= 0.3 is 0 Å². The van der Waals surface area contributed by atoms with Crippen molar-refractivity contribution in [2.75, 3.05) is 6.54 Å². The van der Waals surface area contributed by atoms with Crippen LogP contribution in [0.25, 0.3) is 5.52 Å². The highest BCUT2D eigenvalue weighted by atomic mass is 19.1. The van der Waals surface area contributed by atoms with Gasteiger partial charge in [0.05, 0.1) is 23.4 Å². The summed E-state index contributed by atoms with van der Waals surface area (Å²) in [5, 5.41) is 4.49. The van der Waals surface area contributed by atoms with Gasteiger partial charge in [0, 0.05) is 24.9 Å². The normalized spacial score (nSPS) is 16.7. The highest BCUT2D eigenvalue weighted by molar-refractivity contribution is 5.93. The fraction of sp³-hybridized carbons (Fsp3) is 0.333. The van der Waals surface area contributed by atoms with Crippen molar-refractivity contribution < 1.29 is 18.0 Å². The molecule has 1 atom stereocenters. The molecule has 0 aliphatic carbocycles. The van der Waals surface area contributed by atoms with Crippen molar-refractivity contribution in [3.05, 3.63) is 71.0 Å². The molecule has 0 unspecified atom stereocenters. The van der Waals surface area contributed by atoms with Crippen LogP contribution in [0.15, 0.2) is 35.1 Å². The zero-order valence-corrected chi connectivity index (χ0v) is 17.2. The zero-order chi connectivity index (χ0) is 21.9. The van der Waals surface area contributed by atoms with Crippen molar-refractivity contribution in [2.24, 2.45) is 0 Å². The van der Waals surface area contributed by atoms with Gasteiger partial charge in [0.1, 0.15) is 17.4 Å². The van der Waals surface area contributed by atoms with Crippen LogP contribution in [-0.4, -0.2) is 41.9 Å². The second-order valence-electron chi connectivity index (χ2n) is 8.08. The first-order chi connectivity index (χ1) is 14.7. The topological polar surface area (TPSA) is 92.3 Å². The monoisotopic (exact) mass is 426 g/mol. The molecule has 160 valence electrons. The predicted molar refractivity (Wildman–Crippen MR) is 106 cm³/mol. The van der Waals surface area contributed by atoms with Crippen LogP contribution in [0.3, 0.4) is 0 Å². The second kappa shape index (κ2) is 6.73. The number of aryl methyl sites for hydroxylation is 1. The number of pyridine rings is 1. The van der Waals surface area contributed by atoms with Crippen LogP contribution < -0.4 is 0 Å². The number of fused-ring (bicyclic) bond motifs is 2. The molecule has 5 rings (SSSR count). The van der Waals surface area contributed by atoms with Gasteiger partial charge in [-0.2, -0.15) is 5.10 Å². The number of carbonyl (C=O) groups is 1. The van der Waals surface area contributed by atoms with E-state index >= 15 is 0 Å². The largest absolute Gasteiger partial charge is 0.432 e. The van der Waals surface area contributed by atoms with E-state index in [-0.39, 0.29) is 11.7 Å². The van der Waals surface area contributed by atoms with E-state index in [0.29, 0.717) is 35.6 Å². The number of oxazole rings is 1. The van der Waals surface area contributed by atoms with Crippen molar-refractivity contribution >= 4 is 11.4 Å².